The van der Waals surface area contributed by atoms with Gasteiger partial charge < -0.3 is 10.6 Å². The highest BCUT2D eigenvalue weighted by atomic mass is 16.1. The number of amides is 1. The Bertz CT molecular complexity index is 653. The third-order valence-corrected chi connectivity index (χ3v) is 4.18. The van der Waals surface area contributed by atoms with Crippen molar-refractivity contribution in [2.24, 2.45) is 0 Å². The van der Waals surface area contributed by atoms with Crippen molar-refractivity contribution in [3.8, 4) is 0 Å². The molecule has 2 N–H and O–H groups in total. The van der Waals surface area contributed by atoms with Crippen LogP contribution >= 0.6 is 0 Å². The predicted molar refractivity (Wildman–Crippen MR) is 82.2 cm³/mol. The lowest BCUT2D eigenvalue weighted by Gasteiger charge is -2.13. The Labute approximate surface area is 119 Å². The molecule has 0 fully saturated rings. The number of nitrogens with one attached hydrogen (secondary N) is 2. The van der Waals surface area contributed by atoms with E-state index in [2.05, 4.69) is 34.9 Å². The summed E-state index contributed by atoms with van der Waals surface area (Å²) in [5.41, 5.74) is 3.53. The molecule has 104 valence electrons. The summed E-state index contributed by atoms with van der Waals surface area (Å²) in [6.07, 6.45) is 2.18. The monoisotopic (exact) mass is 268 g/mol. The molecule has 0 radical (unpaired) electrons. The molecule has 1 unspecified atom stereocenters. The van der Waals surface area contributed by atoms with E-state index in [9.17, 15) is 4.79 Å². The number of hydrogen-bond acceptors (Lipinski definition) is 2. The third kappa shape index (κ3) is 2.18. The summed E-state index contributed by atoms with van der Waals surface area (Å²) in [5, 5.41) is 8.51. The van der Waals surface area contributed by atoms with Crippen molar-refractivity contribution in [2.45, 2.75) is 25.8 Å². The average molecular weight is 268 g/mol. The number of likely N-dealkylation sites (N-methyl/N-ethyl adjacent to an activating group) is 1. The lowest BCUT2D eigenvalue weighted by atomic mass is 9.99. The van der Waals surface area contributed by atoms with Gasteiger partial charge in [0, 0.05) is 18.2 Å². The predicted octanol–water partition coefficient (Wildman–Crippen LogP) is 2.28. The maximum absolute atomic E-state index is 12.4. The average Bonchev–Trinajstić information content (AvgIpc) is 2.90. The molecule has 3 nitrogen and oxygen atoms in total. The van der Waals surface area contributed by atoms with Gasteiger partial charge in [0.1, 0.15) is 0 Å². The van der Waals surface area contributed by atoms with Crippen molar-refractivity contribution in [1.29, 1.82) is 0 Å². The minimum atomic E-state index is 0.0164. The molecule has 20 heavy (non-hydrogen) atoms. The van der Waals surface area contributed by atoms with Crippen molar-refractivity contribution >= 4 is 16.7 Å². The molecule has 0 saturated heterocycles. The van der Waals surface area contributed by atoms with E-state index in [1.54, 1.807) is 0 Å². The minimum Gasteiger partial charge on any atom is -0.350 e. The molecule has 1 aliphatic rings. The van der Waals surface area contributed by atoms with E-state index in [4.69, 9.17) is 0 Å². The fourth-order valence-corrected chi connectivity index (χ4v) is 2.89. The van der Waals surface area contributed by atoms with Crippen LogP contribution in [-0.4, -0.2) is 25.5 Å². The van der Waals surface area contributed by atoms with Crippen LogP contribution in [0.5, 0.6) is 0 Å². The van der Waals surface area contributed by atoms with Crippen molar-refractivity contribution < 1.29 is 4.79 Å². The van der Waals surface area contributed by atoms with E-state index in [0.29, 0.717) is 6.54 Å². The van der Waals surface area contributed by atoms with Crippen LogP contribution in [0.4, 0.5) is 0 Å². The molecule has 1 amide bonds. The Morgan fingerprint density at radius 1 is 1.20 bits per heavy atom. The summed E-state index contributed by atoms with van der Waals surface area (Å²) in [6.45, 7) is 2.69. The van der Waals surface area contributed by atoms with E-state index < -0.39 is 0 Å². The number of rotatable bonds is 4. The lowest BCUT2D eigenvalue weighted by molar-refractivity contribution is 0.0952. The Kier molecular flexibility index (Phi) is 3.45. The van der Waals surface area contributed by atoms with Crippen molar-refractivity contribution in [3.63, 3.8) is 0 Å². The molecule has 0 aliphatic heterocycles. The summed E-state index contributed by atoms with van der Waals surface area (Å²) in [5.74, 6) is 0.0164. The summed E-state index contributed by atoms with van der Waals surface area (Å²) in [6, 6.07) is 10.6. The normalized spacial score (nSPS) is 14.5. The fourth-order valence-electron chi connectivity index (χ4n) is 2.89. The van der Waals surface area contributed by atoms with Crippen LogP contribution in [0.15, 0.2) is 30.3 Å². The summed E-state index contributed by atoms with van der Waals surface area (Å²) < 4.78 is 0. The van der Waals surface area contributed by atoms with Gasteiger partial charge in [0.25, 0.3) is 5.91 Å². The van der Waals surface area contributed by atoms with Gasteiger partial charge >= 0.3 is 0 Å². The lowest BCUT2D eigenvalue weighted by Crippen LogP contribution is -2.37. The van der Waals surface area contributed by atoms with Crippen molar-refractivity contribution in [1.82, 2.24) is 10.6 Å². The van der Waals surface area contributed by atoms with Crippen LogP contribution in [0, 0.1) is 0 Å². The molecule has 0 aromatic heterocycles. The second-order valence-electron chi connectivity index (χ2n) is 5.51. The maximum Gasteiger partial charge on any atom is 0.251 e. The van der Waals surface area contributed by atoms with Crippen LogP contribution < -0.4 is 10.6 Å². The van der Waals surface area contributed by atoms with Gasteiger partial charge in [0.15, 0.2) is 0 Å². The first-order valence-corrected chi connectivity index (χ1v) is 7.19. The Balaban J connectivity index is 1.95. The summed E-state index contributed by atoms with van der Waals surface area (Å²) in [7, 11) is 1.90. The molecule has 0 spiro atoms. The molecule has 2 aromatic rings. The SMILES string of the molecule is CNC(C)CNC(=O)c1ccc2c3c(cccc13)CC2. The molecule has 0 heterocycles. The van der Waals surface area contributed by atoms with E-state index in [1.807, 2.05) is 20.0 Å². The summed E-state index contributed by atoms with van der Waals surface area (Å²) >= 11 is 0. The zero-order valence-corrected chi connectivity index (χ0v) is 12.0. The molecule has 0 bridgehead atoms. The third-order valence-electron chi connectivity index (χ3n) is 4.18. The molecule has 1 atom stereocenters. The van der Waals surface area contributed by atoms with Crippen LogP contribution in [0.2, 0.25) is 0 Å². The van der Waals surface area contributed by atoms with E-state index in [1.165, 1.54) is 16.5 Å². The second-order valence-corrected chi connectivity index (χ2v) is 5.51. The second kappa shape index (κ2) is 5.25. The van der Waals surface area contributed by atoms with Crippen molar-refractivity contribution in [2.75, 3.05) is 13.6 Å². The first-order chi connectivity index (χ1) is 9.70. The van der Waals surface area contributed by atoms with Gasteiger partial charge in [-0.05, 0) is 54.8 Å². The van der Waals surface area contributed by atoms with Gasteiger partial charge in [-0.1, -0.05) is 24.3 Å². The quantitative estimate of drug-likeness (QED) is 0.893. The molecular formula is C17H20N2O. The van der Waals surface area contributed by atoms with Crippen LogP contribution in [-0.2, 0) is 12.8 Å². The van der Waals surface area contributed by atoms with Gasteiger partial charge in [0.05, 0.1) is 0 Å². The minimum absolute atomic E-state index is 0.0164. The summed E-state index contributed by atoms with van der Waals surface area (Å²) in [4.78, 5) is 12.4. The molecule has 3 rings (SSSR count). The number of carbonyl (C=O) groups is 1. The number of carbonyl (C=O) groups excluding carboxylic acids is 1. The smallest absolute Gasteiger partial charge is 0.251 e. The Morgan fingerprint density at radius 3 is 2.70 bits per heavy atom. The van der Waals surface area contributed by atoms with Gasteiger partial charge in [-0.25, -0.2) is 0 Å². The molecule has 2 aromatic carbocycles. The maximum atomic E-state index is 12.4. The standard InChI is InChI=1S/C17H20N2O/c1-11(18-2)10-19-17(20)15-9-8-13-7-6-12-4-3-5-14(15)16(12)13/h3-5,8-9,11,18H,6-7,10H2,1-2H3,(H,19,20). The van der Waals surface area contributed by atoms with E-state index >= 15 is 0 Å². The highest BCUT2D eigenvalue weighted by Gasteiger charge is 2.18. The zero-order chi connectivity index (χ0) is 14.1. The van der Waals surface area contributed by atoms with E-state index in [0.717, 1.165) is 23.8 Å². The molecular weight excluding hydrogens is 248 g/mol. The van der Waals surface area contributed by atoms with Gasteiger partial charge in [0.2, 0.25) is 0 Å². The van der Waals surface area contributed by atoms with Gasteiger partial charge in [-0.2, -0.15) is 0 Å². The first kappa shape index (κ1) is 13.1. The van der Waals surface area contributed by atoms with Crippen LogP contribution in [0.3, 0.4) is 0 Å². The van der Waals surface area contributed by atoms with Crippen molar-refractivity contribution in [3.05, 3.63) is 47.0 Å². The highest BCUT2D eigenvalue weighted by Crippen LogP contribution is 2.32. The number of aryl methyl sites for hydroxylation is 2. The topological polar surface area (TPSA) is 41.1 Å². The van der Waals surface area contributed by atoms with E-state index in [-0.39, 0.29) is 11.9 Å². The van der Waals surface area contributed by atoms with Crippen LogP contribution in [0.1, 0.15) is 28.4 Å². The first-order valence-electron chi connectivity index (χ1n) is 7.19. The van der Waals surface area contributed by atoms with Gasteiger partial charge in [-0.3, -0.25) is 4.79 Å². The van der Waals surface area contributed by atoms with Crippen LogP contribution in [0.25, 0.3) is 10.8 Å². The fraction of sp³-hybridized carbons (Fsp3) is 0.353. The Morgan fingerprint density at radius 2 is 1.95 bits per heavy atom. The molecule has 3 heteroatoms. The molecule has 0 saturated carbocycles. The van der Waals surface area contributed by atoms with Gasteiger partial charge in [-0.15, -0.1) is 0 Å². The number of benzene rings is 2. The zero-order valence-electron chi connectivity index (χ0n) is 12.0. The largest absolute Gasteiger partial charge is 0.350 e. The number of hydrogen-bond donors (Lipinski definition) is 2. The highest BCUT2D eigenvalue weighted by molar-refractivity contribution is 6.09. The Hall–Kier alpha value is -1.87. The molecule has 1 aliphatic carbocycles.